The Morgan fingerprint density at radius 3 is 2.21 bits per heavy atom. The number of carbonyl (C=O) groups is 2. The van der Waals surface area contributed by atoms with E-state index in [4.69, 9.17) is 0 Å². The normalized spacial score (nSPS) is 27.7. The lowest BCUT2D eigenvalue weighted by Crippen LogP contribution is -2.69. The topological polar surface area (TPSA) is 91.8 Å². The second-order valence-electron chi connectivity index (χ2n) is 5.97. The van der Waals surface area contributed by atoms with Crippen molar-refractivity contribution in [1.82, 2.24) is 4.31 Å². The van der Waals surface area contributed by atoms with Gasteiger partial charge in [-0.2, -0.15) is 0 Å². The number of carbonyl (C=O) groups excluding carboxylic acids is 1. The van der Waals surface area contributed by atoms with Crippen LogP contribution in [0.15, 0.2) is 0 Å². The van der Waals surface area contributed by atoms with Crippen LogP contribution >= 0.6 is 0 Å². The van der Waals surface area contributed by atoms with Gasteiger partial charge >= 0.3 is 5.97 Å². The third-order valence-corrected chi connectivity index (χ3v) is 6.73. The third-order valence-electron chi connectivity index (χ3n) is 4.39. The summed E-state index contributed by atoms with van der Waals surface area (Å²) in [4.78, 5) is 23.4. The van der Waals surface area contributed by atoms with E-state index in [2.05, 4.69) is 0 Å². The molecule has 0 aromatic carbocycles. The van der Waals surface area contributed by atoms with Crippen molar-refractivity contribution in [1.29, 1.82) is 0 Å². The third kappa shape index (κ3) is 1.86. The molecule has 7 heteroatoms. The molecule has 19 heavy (non-hydrogen) atoms. The van der Waals surface area contributed by atoms with Gasteiger partial charge in [-0.3, -0.25) is 9.59 Å². The monoisotopic (exact) mass is 289 g/mol. The van der Waals surface area contributed by atoms with E-state index in [-0.39, 0.29) is 6.54 Å². The van der Waals surface area contributed by atoms with Gasteiger partial charge in [-0.15, -0.1) is 0 Å². The Morgan fingerprint density at radius 2 is 1.79 bits per heavy atom. The van der Waals surface area contributed by atoms with E-state index in [1.54, 1.807) is 0 Å². The summed E-state index contributed by atoms with van der Waals surface area (Å²) in [7, 11) is -3.70. The maximum atomic E-state index is 12.0. The lowest BCUT2D eigenvalue weighted by Gasteiger charge is -2.47. The number of aliphatic carboxylic acids is 1. The van der Waals surface area contributed by atoms with Crippen molar-refractivity contribution in [2.24, 2.45) is 5.41 Å². The zero-order valence-electron chi connectivity index (χ0n) is 11.2. The number of hydrogen-bond donors (Lipinski definition) is 1. The van der Waals surface area contributed by atoms with Gasteiger partial charge < -0.3 is 5.11 Å². The van der Waals surface area contributed by atoms with Crippen LogP contribution in [0.4, 0.5) is 0 Å². The highest BCUT2D eigenvalue weighted by molar-refractivity contribution is 7.94. The molecule has 0 bridgehead atoms. The largest absolute Gasteiger partial charge is 0.481 e. The summed E-state index contributed by atoms with van der Waals surface area (Å²) < 4.78 is 23.4. The van der Waals surface area contributed by atoms with E-state index in [9.17, 15) is 23.1 Å². The molecule has 0 aromatic rings. The van der Waals surface area contributed by atoms with Crippen LogP contribution in [0.1, 0.15) is 46.0 Å². The van der Waals surface area contributed by atoms with Crippen molar-refractivity contribution in [2.45, 2.75) is 50.7 Å². The molecule has 0 unspecified atom stereocenters. The summed E-state index contributed by atoms with van der Waals surface area (Å²) in [6.45, 7) is 2.50. The Morgan fingerprint density at radius 1 is 1.26 bits per heavy atom. The molecule has 1 aliphatic heterocycles. The minimum Gasteiger partial charge on any atom is -0.481 e. The lowest BCUT2D eigenvalue weighted by molar-refractivity contribution is -0.153. The van der Waals surface area contributed by atoms with Gasteiger partial charge in [0.1, 0.15) is 0 Å². The number of carboxylic acids is 1. The van der Waals surface area contributed by atoms with Gasteiger partial charge in [0.15, 0.2) is 4.75 Å². The molecular formula is C12H19NO5S. The highest BCUT2D eigenvalue weighted by Crippen LogP contribution is 2.43. The van der Waals surface area contributed by atoms with Crippen molar-refractivity contribution < 1.29 is 23.1 Å². The van der Waals surface area contributed by atoms with E-state index < -0.39 is 32.1 Å². The molecule has 1 saturated carbocycles. The number of carboxylic acid groups (broad SMARTS) is 1. The van der Waals surface area contributed by atoms with Crippen molar-refractivity contribution in [2.75, 3.05) is 6.54 Å². The Hall–Kier alpha value is -1.11. The quantitative estimate of drug-likeness (QED) is 0.836. The van der Waals surface area contributed by atoms with Crippen LogP contribution in [0.3, 0.4) is 0 Å². The van der Waals surface area contributed by atoms with Gasteiger partial charge in [-0.25, -0.2) is 12.7 Å². The zero-order chi connectivity index (χ0) is 14.5. The highest BCUT2D eigenvalue weighted by Gasteiger charge is 2.62. The van der Waals surface area contributed by atoms with E-state index >= 15 is 0 Å². The predicted octanol–water partition coefficient (Wildman–Crippen LogP) is 0.972. The van der Waals surface area contributed by atoms with Crippen LogP contribution in [-0.4, -0.2) is 41.0 Å². The Balaban J connectivity index is 2.25. The Kier molecular flexibility index (Phi) is 3.16. The van der Waals surface area contributed by atoms with Crippen LogP contribution in [0, 0.1) is 5.41 Å². The minimum absolute atomic E-state index is 0.215. The number of hydrogen-bond acceptors (Lipinski definition) is 4. The molecule has 1 heterocycles. The van der Waals surface area contributed by atoms with Crippen LogP contribution < -0.4 is 0 Å². The summed E-state index contributed by atoms with van der Waals surface area (Å²) in [5.41, 5.74) is -1.10. The number of nitrogens with zero attached hydrogens (tertiary/aromatic N) is 1. The molecule has 2 aliphatic rings. The number of rotatable bonds is 3. The molecule has 2 rings (SSSR count). The second-order valence-corrected chi connectivity index (χ2v) is 8.38. The zero-order valence-corrected chi connectivity index (χ0v) is 12.0. The molecule has 1 saturated heterocycles. The summed E-state index contributed by atoms with van der Waals surface area (Å²) in [6, 6.07) is 0. The van der Waals surface area contributed by atoms with Gasteiger partial charge in [0.2, 0.25) is 0 Å². The van der Waals surface area contributed by atoms with Crippen molar-refractivity contribution in [3.63, 3.8) is 0 Å². The van der Waals surface area contributed by atoms with E-state index in [1.165, 1.54) is 13.8 Å². The first kappa shape index (κ1) is 14.3. The lowest BCUT2D eigenvalue weighted by atomic mass is 9.74. The summed E-state index contributed by atoms with van der Waals surface area (Å²) in [5, 5.41) is 9.41. The van der Waals surface area contributed by atoms with E-state index in [0.29, 0.717) is 12.8 Å². The fraction of sp³-hybridized carbons (Fsp3) is 0.833. The smallest absolute Gasteiger partial charge is 0.311 e. The Labute approximate surface area is 112 Å². The first-order valence-electron chi connectivity index (χ1n) is 6.45. The number of amides is 1. The molecule has 0 atom stereocenters. The van der Waals surface area contributed by atoms with Crippen molar-refractivity contribution in [3.8, 4) is 0 Å². The van der Waals surface area contributed by atoms with Crippen LogP contribution in [0.2, 0.25) is 0 Å². The van der Waals surface area contributed by atoms with Crippen LogP contribution in [0.5, 0.6) is 0 Å². The Bertz CT molecular complexity index is 516. The van der Waals surface area contributed by atoms with Crippen molar-refractivity contribution >= 4 is 21.9 Å². The van der Waals surface area contributed by atoms with Crippen LogP contribution in [0.25, 0.3) is 0 Å². The first-order chi connectivity index (χ1) is 8.65. The summed E-state index contributed by atoms with van der Waals surface area (Å²) >= 11 is 0. The standard InChI is InChI=1S/C12H19NO5S/c1-11(2)9(14)13(19(11,17)18)8-12(10(15)16)6-4-3-5-7-12/h3-8H2,1-2H3,(H,15,16). The van der Waals surface area contributed by atoms with Crippen LogP contribution in [-0.2, 0) is 19.6 Å². The molecule has 108 valence electrons. The maximum Gasteiger partial charge on any atom is 0.311 e. The summed E-state index contributed by atoms with van der Waals surface area (Å²) in [5.74, 6) is -1.50. The highest BCUT2D eigenvalue weighted by atomic mass is 32.2. The van der Waals surface area contributed by atoms with Gasteiger partial charge in [-0.1, -0.05) is 19.3 Å². The number of sulfonamides is 1. The average Bonchev–Trinajstić information content (AvgIpc) is 2.35. The molecule has 1 amide bonds. The molecule has 0 radical (unpaired) electrons. The van der Waals surface area contributed by atoms with Gasteiger partial charge in [-0.05, 0) is 26.7 Å². The van der Waals surface area contributed by atoms with Gasteiger partial charge in [0.25, 0.3) is 15.9 Å². The van der Waals surface area contributed by atoms with E-state index in [0.717, 1.165) is 23.6 Å². The minimum atomic E-state index is -3.70. The van der Waals surface area contributed by atoms with E-state index in [1.807, 2.05) is 0 Å². The van der Waals surface area contributed by atoms with Gasteiger partial charge in [0.05, 0.1) is 12.0 Å². The fourth-order valence-electron chi connectivity index (χ4n) is 2.86. The SMILES string of the molecule is CC1(C)C(=O)N(CC2(C(=O)O)CCCCC2)S1(=O)=O. The van der Waals surface area contributed by atoms with Gasteiger partial charge in [0, 0.05) is 0 Å². The maximum absolute atomic E-state index is 12.0. The molecular weight excluding hydrogens is 270 g/mol. The molecule has 0 spiro atoms. The summed E-state index contributed by atoms with van der Waals surface area (Å²) in [6.07, 6.45) is 3.35. The molecule has 0 aromatic heterocycles. The van der Waals surface area contributed by atoms with Crippen molar-refractivity contribution in [3.05, 3.63) is 0 Å². The first-order valence-corrected chi connectivity index (χ1v) is 7.89. The second kappa shape index (κ2) is 4.19. The average molecular weight is 289 g/mol. The molecule has 1 N–H and O–H groups in total. The fourth-order valence-corrected chi connectivity index (χ4v) is 4.47. The molecule has 2 fully saturated rings. The predicted molar refractivity (Wildman–Crippen MR) is 67.9 cm³/mol. The molecule has 1 aliphatic carbocycles. The molecule has 6 nitrogen and oxygen atoms in total.